The van der Waals surface area contributed by atoms with Gasteiger partial charge in [0.15, 0.2) is 0 Å². The van der Waals surface area contributed by atoms with Gasteiger partial charge in [-0.2, -0.15) is 0 Å². The first-order valence-electron chi connectivity index (χ1n) is 12.6. The molecule has 0 radical (unpaired) electrons. The number of amides is 2. The molecule has 186 valence electrons. The first kappa shape index (κ1) is 24.8. The number of aliphatic carboxylic acids is 1. The van der Waals surface area contributed by atoms with Gasteiger partial charge in [-0.1, -0.05) is 81.1 Å². The second-order valence-electron chi connectivity index (χ2n) is 9.63. The van der Waals surface area contributed by atoms with Crippen LogP contribution in [0.1, 0.15) is 75.3 Å². The Bertz CT molecular complexity index is 1030. The number of ether oxygens (including phenoxy) is 1. The van der Waals surface area contributed by atoms with Crippen LogP contribution < -0.4 is 10.6 Å². The lowest BCUT2D eigenvalue weighted by Crippen LogP contribution is -2.55. The van der Waals surface area contributed by atoms with Crippen LogP contribution in [0.25, 0.3) is 11.1 Å². The van der Waals surface area contributed by atoms with Gasteiger partial charge in [0.05, 0.1) is 0 Å². The van der Waals surface area contributed by atoms with E-state index in [-0.39, 0.29) is 24.9 Å². The second-order valence-corrected chi connectivity index (χ2v) is 9.63. The van der Waals surface area contributed by atoms with E-state index in [9.17, 15) is 19.5 Å². The molecule has 2 aliphatic carbocycles. The summed E-state index contributed by atoms with van der Waals surface area (Å²) in [4.78, 5) is 37.4. The second kappa shape index (κ2) is 10.9. The molecule has 1 unspecified atom stereocenters. The van der Waals surface area contributed by atoms with Crippen molar-refractivity contribution in [3.63, 3.8) is 0 Å². The maximum absolute atomic E-state index is 12.8. The Morgan fingerprint density at radius 2 is 1.54 bits per heavy atom. The van der Waals surface area contributed by atoms with Gasteiger partial charge >= 0.3 is 12.1 Å². The third-order valence-electron chi connectivity index (χ3n) is 7.34. The topological polar surface area (TPSA) is 105 Å². The van der Waals surface area contributed by atoms with E-state index < -0.39 is 23.6 Å². The van der Waals surface area contributed by atoms with Crippen molar-refractivity contribution >= 4 is 18.0 Å². The highest BCUT2D eigenvalue weighted by Gasteiger charge is 2.40. The minimum atomic E-state index is -1.21. The van der Waals surface area contributed by atoms with E-state index in [0.717, 1.165) is 47.9 Å². The highest BCUT2D eigenvalue weighted by molar-refractivity contribution is 5.87. The Hall–Kier alpha value is -3.35. The molecule has 2 amide bonds. The predicted molar refractivity (Wildman–Crippen MR) is 133 cm³/mol. The normalized spacial score (nSPS) is 17.4. The molecule has 1 fully saturated rings. The number of fused-ring (bicyclic) bond motifs is 3. The monoisotopic (exact) mass is 478 g/mol. The van der Waals surface area contributed by atoms with Crippen LogP contribution in [-0.4, -0.2) is 41.3 Å². The van der Waals surface area contributed by atoms with Crippen LogP contribution in [0.5, 0.6) is 0 Å². The van der Waals surface area contributed by atoms with Gasteiger partial charge in [0.1, 0.15) is 12.1 Å². The van der Waals surface area contributed by atoms with Gasteiger partial charge in [-0.15, -0.1) is 0 Å². The lowest BCUT2D eigenvalue weighted by Gasteiger charge is -2.30. The first-order chi connectivity index (χ1) is 16.9. The highest BCUT2D eigenvalue weighted by atomic mass is 16.5. The number of nitrogens with one attached hydrogen (secondary N) is 2. The molecular weight excluding hydrogens is 444 g/mol. The molecule has 0 aliphatic heterocycles. The Morgan fingerprint density at radius 1 is 0.971 bits per heavy atom. The molecule has 2 aromatic carbocycles. The molecule has 0 aromatic heterocycles. The van der Waals surface area contributed by atoms with Crippen molar-refractivity contribution in [1.29, 1.82) is 0 Å². The molecule has 3 N–H and O–H groups in total. The zero-order valence-corrected chi connectivity index (χ0v) is 20.2. The van der Waals surface area contributed by atoms with Gasteiger partial charge in [-0.3, -0.25) is 4.79 Å². The van der Waals surface area contributed by atoms with E-state index in [1.807, 2.05) is 31.2 Å². The Balaban J connectivity index is 1.34. The van der Waals surface area contributed by atoms with Crippen LogP contribution in [0, 0.1) is 0 Å². The number of rotatable bonds is 8. The van der Waals surface area contributed by atoms with Crippen molar-refractivity contribution in [1.82, 2.24) is 10.6 Å². The third kappa shape index (κ3) is 5.50. The number of carboxylic acids is 1. The van der Waals surface area contributed by atoms with E-state index in [0.29, 0.717) is 19.3 Å². The van der Waals surface area contributed by atoms with Crippen LogP contribution in [0.2, 0.25) is 0 Å². The fourth-order valence-corrected chi connectivity index (χ4v) is 5.37. The van der Waals surface area contributed by atoms with E-state index in [1.165, 1.54) is 0 Å². The van der Waals surface area contributed by atoms with Gasteiger partial charge in [-0.25, -0.2) is 9.59 Å². The summed E-state index contributed by atoms with van der Waals surface area (Å²) in [6.07, 6.45) is 4.35. The molecule has 0 bridgehead atoms. The first-order valence-corrected chi connectivity index (χ1v) is 12.6. The van der Waals surface area contributed by atoms with Crippen LogP contribution in [0.15, 0.2) is 48.5 Å². The molecule has 1 saturated carbocycles. The number of hydrogen-bond acceptors (Lipinski definition) is 4. The Kier molecular flexibility index (Phi) is 7.73. The minimum absolute atomic E-state index is 0.00965. The Labute approximate surface area is 206 Å². The summed E-state index contributed by atoms with van der Waals surface area (Å²) in [5.74, 6) is -1.38. The summed E-state index contributed by atoms with van der Waals surface area (Å²) >= 11 is 0. The molecule has 2 aromatic rings. The summed E-state index contributed by atoms with van der Waals surface area (Å²) in [7, 11) is 0. The maximum Gasteiger partial charge on any atom is 0.407 e. The molecule has 1 atom stereocenters. The molecule has 7 heteroatoms. The fraction of sp³-hybridized carbons (Fsp3) is 0.464. The maximum atomic E-state index is 12.8. The van der Waals surface area contributed by atoms with E-state index in [1.54, 1.807) is 0 Å². The van der Waals surface area contributed by atoms with Crippen LogP contribution >= 0.6 is 0 Å². The zero-order valence-electron chi connectivity index (χ0n) is 20.2. The molecule has 0 heterocycles. The number of carboxylic acid groups (broad SMARTS) is 1. The van der Waals surface area contributed by atoms with E-state index >= 15 is 0 Å². The van der Waals surface area contributed by atoms with Crippen molar-refractivity contribution in [2.75, 3.05) is 6.61 Å². The average Bonchev–Trinajstić information content (AvgIpc) is 2.98. The van der Waals surface area contributed by atoms with Gasteiger partial charge in [0.2, 0.25) is 5.91 Å². The molecule has 2 aliphatic rings. The van der Waals surface area contributed by atoms with Gasteiger partial charge in [-0.05, 0) is 41.5 Å². The summed E-state index contributed by atoms with van der Waals surface area (Å²) in [6.45, 7) is 2.07. The third-order valence-corrected chi connectivity index (χ3v) is 7.34. The predicted octanol–water partition coefficient (Wildman–Crippen LogP) is 4.99. The van der Waals surface area contributed by atoms with Crippen molar-refractivity contribution in [3.8, 4) is 11.1 Å². The molecule has 4 rings (SSSR count). The average molecular weight is 479 g/mol. The zero-order chi connectivity index (χ0) is 24.8. The van der Waals surface area contributed by atoms with Crippen molar-refractivity contribution < 1.29 is 24.2 Å². The number of carbonyl (C=O) groups excluding carboxylic acids is 2. The van der Waals surface area contributed by atoms with Gasteiger partial charge < -0.3 is 20.5 Å². The molecule has 35 heavy (non-hydrogen) atoms. The summed E-state index contributed by atoms with van der Waals surface area (Å²) in [6, 6.07) is 15.8. The van der Waals surface area contributed by atoms with Gasteiger partial charge in [0.25, 0.3) is 0 Å². The van der Waals surface area contributed by atoms with Crippen LogP contribution in [0.3, 0.4) is 0 Å². The van der Waals surface area contributed by atoms with Crippen molar-refractivity contribution in [2.24, 2.45) is 0 Å². The molecular formula is C28H34N2O5. The summed E-state index contributed by atoms with van der Waals surface area (Å²) in [5, 5.41) is 15.4. The standard InChI is InChI=1S/C28H34N2O5/c1-2-19(17-25(31)30-28(26(32)33)15-9-3-4-10-16-28)29-27(34)35-18-24-22-13-7-5-11-20(22)21-12-6-8-14-23(21)24/h5-8,11-14,19,24H,2-4,9-10,15-18H2,1H3,(H,29,34)(H,30,31)(H,32,33). The van der Waals surface area contributed by atoms with Crippen molar-refractivity contribution in [2.45, 2.75) is 75.8 Å². The molecule has 0 saturated heterocycles. The number of carbonyl (C=O) groups is 3. The quantitative estimate of drug-likeness (QED) is 0.464. The lowest BCUT2D eigenvalue weighted by atomic mass is 9.90. The Morgan fingerprint density at radius 3 is 2.09 bits per heavy atom. The molecule has 7 nitrogen and oxygen atoms in total. The van der Waals surface area contributed by atoms with Crippen LogP contribution in [0.4, 0.5) is 4.79 Å². The molecule has 0 spiro atoms. The van der Waals surface area contributed by atoms with Crippen molar-refractivity contribution in [3.05, 3.63) is 59.7 Å². The largest absolute Gasteiger partial charge is 0.480 e. The minimum Gasteiger partial charge on any atom is -0.480 e. The fourth-order valence-electron chi connectivity index (χ4n) is 5.37. The SMILES string of the molecule is CCC(CC(=O)NC1(C(=O)O)CCCCCC1)NC(=O)OCC1c2ccccc2-c2ccccc21. The van der Waals surface area contributed by atoms with Gasteiger partial charge in [0, 0.05) is 18.4 Å². The number of alkyl carbamates (subject to hydrolysis) is 1. The smallest absolute Gasteiger partial charge is 0.407 e. The lowest BCUT2D eigenvalue weighted by molar-refractivity contribution is -0.148. The summed E-state index contributed by atoms with van der Waals surface area (Å²) in [5.41, 5.74) is 3.37. The number of hydrogen-bond donors (Lipinski definition) is 3. The van der Waals surface area contributed by atoms with E-state index in [2.05, 4.69) is 34.9 Å². The van der Waals surface area contributed by atoms with Crippen LogP contribution in [-0.2, 0) is 14.3 Å². The highest BCUT2D eigenvalue weighted by Crippen LogP contribution is 2.44. The summed E-state index contributed by atoms with van der Waals surface area (Å²) < 4.78 is 5.60. The van der Waals surface area contributed by atoms with E-state index in [4.69, 9.17) is 4.74 Å². The number of benzene rings is 2.